The third-order valence-electron chi connectivity index (χ3n) is 2.98. The topological polar surface area (TPSA) is 63.0 Å². The lowest BCUT2D eigenvalue weighted by atomic mass is 10.1. The highest BCUT2D eigenvalue weighted by Crippen LogP contribution is 2.29. The lowest BCUT2D eigenvalue weighted by Crippen LogP contribution is -2.52. The number of alkyl halides is 6. The summed E-state index contributed by atoms with van der Waals surface area (Å²) in [6.07, 6.45) is -9.24. The van der Waals surface area contributed by atoms with Gasteiger partial charge in [0, 0.05) is 11.6 Å². The van der Waals surface area contributed by atoms with E-state index in [1.54, 1.807) is 0 Å². The third kappa shape index (κ3) is 4.37. The summed E-state index contributed by atoms with van der Waals surface area (Å²) < 4.78 is 91.7. The van der Waals surface area contributed by atoms with Crippen molar-refractivity contribution < 1.29 is 40.0 Å². The average molecular weight is 368 g/mol. The Kier molecular flexibility index (Phi) is 4.60. The summed E-state index contributed by atoms with van der Waals surface area (Å²) in [5.41, 5.74) is 5.36. The van der Waals surface area contributed by atoms with Crippen molar-refractivity contribution in [2.45, 2.75) is 12.5 Å². The molecular formula is C14H9F7N3O+. The molecule has 0 amide bonds. The number of nitrogen functional groups attached to an aromatic ring is 1. The SMILES string of the molecule is N=C([n+]1cc(-c2ccc(OC(F)(F)F)c(F)c2)ccc1N)C(F)(F)F. The van der Waals surface area contributed by atoms with Gasteiger partial charge in [0.15, 0.2) is 11.6 Å². The molecule has 0 bridgehead atoms. The number of nitrogens with one attached hydrogen (secondary N) is 1. The zero-order valence-corrected chi connectivity index (χ0v) is 12.0. The van der Waals surface area contributed by atoms with Crippen LogP contribution in [-0.2, 0) is 0 Å². The molecule has 3 N–H and O–H groups in total. The van der Waals surface area contributed by atoms with Crippen LogP contribution in [-0.4, -0.2) is 18.4 Å². The van der Waals surface area contributed by atoms with Crippen molar-refractivity contribution >= 4 is 11.7 Å². The number of benzene rings is 1. The number of aromatic nitrogens is 1. The maximum atomic E-state index is 13.7. The number of hydrogen-bond donors (Lipinski definition) is 2. The molecule has 0 spiro atoms. The monoisotopic (exact) mass is 368 g/mol. The van der Waals surface area contributed by atoms with Crippen molar-refractivity contribution in [2.75, 3.05) is 5.73 Å². The van der Waals surface area contributed by atoms with E-state index in [0.29, 0.717) is 16.7 Å². The minimum atomic E-state index is -5.09. The zero-order valence-electron chi connectivity index (χ0n) is 12.0. The van der Waals surface area contributed by atoms with Gasteiger partial charge < -0.3 is 10.5 Å². The highest BCUT2D eigenvalue weighted by atomic mass is 19.4. The van der Waals surface area contributed by atoms with Gasteiger partial charge in [-0.3, -0.25) is 0 Å². The van der Waals surface area contributed by atoms with E-state index in [-0.39, 0.29) is 11.1 Å². The summed E-state index contributed by atoms with van der Waals surface area (Å²) in [6, 6.07) is 4.65. The fraction of sp³-hybridized carbons (Fsp3) is 0.143. The first-order valence-electron chi connectivity index (χ1n) is 6.41. The Bertz CT molecular complexity index is 815. The van der Waals surface area contributed by atoms with Gasteiger partial charge in [0.05, 0.1) is 6.20 Å². The van der Waals surface area contributed by atoms with Crippen molar-refractivity contribution in [1.82, 2.24) is 0 Å². The van der Waals surface area contributed by atoms with E-state index in [1.165, 1.54) is 6.07 Å². The Labute approximate surface area is 135 Å². The predicted molar refractivity (Wildman–Crippen MR) is 72.3 cm³/mol. The third-order valence-corrected chi connectivity index (χ3v) is 2.98. The van der Waals surface area contributed by atoms with Crippen molar-refractivity contribution in [3.8, 4) is 16.9 Å². The van der Waals surface area contributed by atoms with Crippen molar-refractivity contribution in [1.29, 1.82) is 5.41 Å². The number of anilines is 1. The average Bonchev–Trinajstić information content (AvgIpc) is 2.47. The molecule has 0 saturated heterocycles. The van der Waals surface area contributed by atoms with Crippen LogP contribution < -0.4 is 15.0 Å². The van der Waals surface area contributed by atoms with Gasteiger partial charge in [0.2, 0.25) is 5.82 Å². The zero-order chi connectivity index (χ0) is 19.0. The summed E-state index contributed by atoms with van der Waals surface area (Å²) >= 11 is 0. The van der Waals surface area contributed by atoms with Crippen LogP contribution in [0.4, 0.5) is 36.6 Å². The van der Waals surface area contributed by atoms with Gasteiger partial charge in [0.1, 0.15) is 0 Å². The maximum absolute atomic E-state index is 13.7. The summed E-state index contributed by atoms with van der Waals surface area (Å²) in [5, 5.41) is 7.09. The Morgan fingerprint density at radius 2 is 1.60 bits per heavy atom. The summed E-state index contributed by atoms with van der Waals surface area (Å²) in [5.74, 6) is -4.61. The van der Waals surface area contributed by atoms with Crippen LogP contribution in [0.15, 0.2) is 36.5 Å². The second kappa shape index (κ2) is 6.22. The van der Waals surface area contributed by atoms with Crippen LogP contribution in [0.1, 0.15) is 0 Å². The van der Waals surface area contributed by atoms with Crippen LogP contribution in [0.2, 0.25) is 0 Å². The Morgan fingerprint density at radius 3 is 2.12 bits per heavy atom. The number of rotatable bonds is 2. The maximum Gasteiger partial charge on any atom is 0.573 e. The summed E-state index contributed by atoms with van der Waals surface area (Å²) in [4.78, 5) is 0. The number of ether oxygens (including phenoxy) is 1. The lowest BCUT2D eigenvalue weighted by molar-refractivity contribution is -0.554. The van der Waals surface area contributed by atoms with Crippen molar-refractivity contribution in [3.63, 3.8) is 0 Å². The number of pyridine rings is 1. The number of hydrogen-bond acceptors (Lipinski definition) is 3. The molecule has 0 aliphatic rings. The highest BCUT2D eigenvalue weighted by Gasteiger charge is 2.42. The fourth-order valence-corrected chi connectivity index (χ4v) is 1.90. The van der Waals surface area contributed by atoms with E-state index in [0.717, 1.165) is 18.3 Å². The molecule has 2 aromatic rings. The molecule has 0 saturated carbocycles. The molecule has 1 aromatic heterocycles. The van der Waals surface area contributed by atoms with Crippen molar-refractivity contribution in [2.24, 2.45) is 0 Å². The highest BCUT2D eigenvalue weighted by molar-refractivity contribution is 5.77. The number of halogens is 7. The van der Waals surface area contributed by atoms with Gasteiger partial charge in [-0.05, 0) is 23.8 Å². The molecule has 134 valence electrons. The number of nitrogens with zero attached hydrogens (tertiary/aromatic N) is 1. The van der Waals surface area contributed by atoms with Gasteiger partial charge in [0.25, 0.3) is 0 Å². The second-order valence-corrected chi connectivity index (χ2v) is 4.75. The fourth-order valence-electron chi connectivity index (χ4n) is 1.90. The van der Waals surface area contributed by atoms with Gasteiger partial charge in [-0.2, -0.15) is 23.1 Å². The minimum absolute atomic E-state index is 0.000610. The van der Waals surface area contributed by atoms with E-state index in [4.69, 9.17) is 11.1 Å². The smallest absolute Gasteiger partial charge is 0.403 e. The molecule has 0 unspecified atom stereocenters. The minimum Gasteiger partial charge on any atom is -0.403 e. The van der Waals surface area contributed by atoms with Crippen LogP contribution in [0.5, 0.6) is 5.75 Å². The predicted octanol–water partition coefficient (Wildman–Crippen LogP) is 3.65. The number of nitrogens with two attached hydrogens (primary N) is 1. The Morgan fingerprint density at radius 1 is 1.00 bits per heavy atom. The molecular weight excluding hydrogens is 359 g/mol. The first kappa shape index (κ1) is 18.5. The standard InChI is InChI=1S/C14H8F7N3O/c15-9-5-7(1-3-10(9)25-14(19,20)21)8-2-4-11(22)24(6-8)12(23)13(16,17)18/h1-6,22-23H/p+1. The van der Waals surface area contributed by atoms with Crippen LogP contribution in [0.25, 0.3) is 11.1 Å². The van der Waals surface area contributed by atoms with E-state index in [9.17, 15) is 30.7 Å². The van der Waals surface area contributed by atoms with E-state index >= 15 is 0 Å². The molecule has 25 heavy (non-hydrogen) atoms. The molecule has 0 aliphatic heterocycles. The van der Waals surface area contributed by atoms with Gasteiger partial charge >= 0.3 is 18.4 Å². The van der Waals surface area contributed by atoms with Gasteiger partial charge in [-0.25, -0.2) is 4.39 Å². The van der Waals surface area contributed by atoms with E-state index in [2.05, 4.69) is 4.74 Å². The summed E-state index contributed by atoms with van der Waals surface area (Å²) in [6.45, 7) is 0. The summed E-state index contributed by atoms with van der Waals surface area (Å²) in [7, 11) is 0. The quantitative estimate of drug-likeness (QED) is 0.368. The van der Waals surface area contributed by atoms with Crippen molar-refractivity contribution in [3.05, 3.63) is 42.3 Å². The molecule has 0 atom stereocenters. The molecule has 0 radical (unpaired) electrons. The first-order valence-corrected chi connectivity index (χ1v) is 6.41. The van der Waals surface area contributed by atoms with E-state index in [1.807, 2.05) is 0 Å². The Balaban J connectivity index is 2.43. The lowest BCUT2D eigenvalue weighted by Gasteiger charge is -2.12. The largest absolute Gasteiger partial charge is 0.573 e. The molecule has 2 rings (SSSR count). The van der Waals surface area contributed by atoms with Gasteiger partial charge in [-0.1, -0.05) is 6.07 Å². The van der Waals surface area contributed by atoms with Gasteiger partial charge in [-0.15, -0.1) is 13.2 Å². The van der Waals surface area contributed by atoms with Crippen LogP contribution in [0.3, 0.4) is 0 Å². The Hall–Kier alpha value is -2.85. The molecule has 1 heterocycles. The van der Waals surface area contributed by atoms with Crippen LogP contribution >= 0.6 is 0 Å². The molecule has 4 nitrogen and oxygen atoms in total. The normalized spacial score (nSPS) is 12.1. The van der Waals surface area contributed by atoms with E-state index < -0.39 is 35.8 Å². The molecule has 0 fully saturated rings. The van der Waals surface area contributed by atoms with Crippen LogP contribution in [0, 0.1) is 11.2 Å². The molecule has 11 heteroatoms. The first-order chi connectivity index (χ1) is 11.4. The molecule has 1 aromatic carbocycles. The molecule has 0 aliphatic carbocycles. The second-order valence-electron chi connectivity index (χ2n) is 4.75.